The van der Waals surface area contributed by atoms with Gasteiger partial charge in [-0.3, -0.25) is 9.59 Å². The maximum Gasteiger partial charge on any atom is 0.311 e. The lowest BCUT2D eigenvalue weighted by molar-refractivity contribution is -0.372. The molecule has 0 radical (unpaired) electrons. The zero-order valence-corrected chi connectivity index (χ0v) is 19.1. The fraction of sp³-hybridized carbons (Fsp3) is 0.913. The van der Waals surface area contributed by atoms with Crippen molar-refractivity contribution in [1.29, 1.82) is 0 Å². The summed E-state index contributed by atoms with van der Waals surface area (Å²) < 4.78 is 16.9. The second-order valence-electron chi connectivity index (χ2n) is 10.6. The third-order valence-corrected chi connectivity index (χ3v) is 8.92. The Morgan fingerprint density at radius 2 is 1.77 bits per heavy atom. The van der Waals surface area contributed by atoms with Crippen LogP contribution in [0.3, 0.4) is 0 Å². The van der Waals surface area contributed by atoms with Crippen LogP contribution in [-0.4, -0.2) is 37.7 Å². The molecule has 2 saturated carbocycles. The van der Waals surface area contributed by atoms with E-state index in [0.29, 0.717) is 6.42 Å². The number of fused-ring (bicyclic) bond motifs is 3. The molecule has 2 bridgehead atoms. The largest absolute Gasteiger partial charge is 0.469 e. The molecule has 0 aromatic carbocycles. The Morgan fingerprint density at radius 3 is 2.40 bits per heavy atom. The fourth-order valence-electron chi connectivity index (χ4n) is 7.38. The number of carbonyl (C=O) groups excluding carboxylic acids is 2. The van der Waals surface area contributed by atoms with Gasteiger partial charge in [-0.25, -0.2) is 0 Å². The van der Waals surface area contributed by atoms with Gasteiger partial charge in [0, 0.05) is 24.2 Å². The molecule has 4 fully saturated rings. The van der Waals surface area contributed by atoms with E-state index in [9.17, 15) is 9.59 Å². The van der Waals surface area contributed by atoms with Crippen molar-refractivity contribution >= 4 is 11.9 Å². The number of hydrogen-bond acceptors (Lipinski definition) is 7. The number of esters is 2. The maximum atomic E-state index is 12.8. The molecule has 170 valence electrons. The number of ether oxygens (including phenoxy) is 3. The molecule has 4 aliphatic rings. The molecule has 30 heavy (non-hydrogen) atoms. The van der Waals surface area contributed by atoms with E-state index in [1.807, 2.05) is 13.8 Å². The van der Waals surface area contributed by atoms with Crippen molar-refractivity contribution in [3.05, 3.63) is 0 Å². The van der Waals surface area contributed by atoms with Gasteiger partial charge in [-0.2, -0.15) is 9.78 Å². The lowest BCUT2D eigenvalue weighted by atomic mass is 9.45. The highest BCUT2D eigenvalue weighted by Crippen LogP contribution is 2.69. The van der Waals surface area contributed by atoms with Crippen molar-refractivity contribution < 1.29 is 33.6 Å². The Labute approximate surface area is 179 Å². The van der Waals surface area contributed by atoms with Crippen LogP contribution in [-0.2, 0) is 33.6 Å². The molecule has 2 heterocycles. The molecule has 0 N–H and O–H groups in total. The van der Waals surface area contributed by atoms with Crippen molar-refractivity contribution in [2.75, 3.05) is 14.2 Å². The molecule has 2 aliphatic heterocycles. The zero-order chi connectivity index (χ0) is 21.9. The molecule has 0 aromatic heterocycles. The van der Waals surface area contributed by atoms with E-state index in [-0.39, 0.29) is 47.4 Å². The third kappa shape index (κ3) is 2.81. The van der Waals surface area contributed by atoms with Crippen LogP contribution in [0, 0.1) is 34.5 Å². The fourth-order valence-corrected chi connectivity index (χ4v) is 7.38. The van der Waals surface area contributed by atoms with Crippen molar-refractivity contribution in [2.24, 2.45) is 34.5 Å². The van der Waals surface area contributed by atoms with Crippen molar-refractivity contribution in [2.45, 2.75) is 84.2 Å². The van der Waals surface area contributed by atoms with Gasteiger partial charge in [0.2, 0.25) is 11.6 Å². The van der Waals surface area contributed by atoms with Crippen molar-refractivity contribution in [3.8, 4) is 0 Å². The zero-order valence-electron chi connectivity index (χ0n) is 19.1. The Bertz CT molecular complexity index is 722. The van der Waals surface area contributed by atoms with Crippen LogP contribution in [0.25, 0.3) is 0 Å². The van der Waals surface area contributed by atoms with E-state index in [4.69, 9.17) is 24.0 Å². The predicted molar refractivity (Wildman–Crippen MR) is 107 cm³/mol. The molecule has 0 aromatic rings. The van der Waals surface area contributed by atoms with Gasteiger partial charge in [0.25, 0.3) is 0 Å². The topological polar surface area (TPSA) is 80.3 Å². The van der Waals surface area contributed by atoms with Crippen LogP contribution in [0.5, 0.6) is 0 Å². The van der Waals surface area contributed by atoms with E-state index in [1.165, 1.54) is 14.2 Å². The van der Waals surface area contributed by atoms with Crippen LogP contribution in [0.2, 0.25) is 0 Å². The maximum absolute atomic E-state index is 12.8. The summed E-state index contributed by atoms with van der Waals surface area (Å²) in [7, 11) is 2.89. The molecule has 7 heteroatoms. The first-order valence-electron chi connectivity index (χ1n) is 11.3. The van der Waals surface area contributed by atoms with E-state index in [0.717, 1.165) is 32.1 Å². The Balaban J connectivity index is 1.73. The first kappa shape index (κ1) is 22.0. The second-order valence-corrected chi connectivity index (χ2v) is 10.6. The average Bonchev–Trinajstić information content (AvgIpc) is 3.04. The molecule has 7 atom stereocenters. The van der Waals surface area contributed by atoms with Crippen molar-refractivity contribution in [1.82, 2.24) is 0 Å². The summed E-state index contributed by atoms with van der Waals surface area (Å²) in [6.07, 6.45) is 5.23. The number of carbonyl (C=O) groups is 2. The van der Waals surface area contributed by atoms with Crippen LogP contribution in [0.1, 0.15) is 72.6 Å². The minimum absolute atomic E-state index is 0.0182. The summed E-state index contributed by atoms with van der Waals surface area (Å²) in [4.78, 5) is 37.1. The lowest BCUT2D eigenvalue weighted by Crippen LogP contribution is -2.65. The SMILES string of the molecule is COC(=O)C[C@H]1C[C@H]2[C@]3(CC[C@@H]4[C@]2(C)CCC[C@@]4(C)C(=O)OC)OO[C@@]1(C(C)C)O3. The van der Waals surface area contributed by atoms with E-state index in [1.54, 1.807) is 0 Å². The Hall–Kier alpha value is -1.18. The number of methoxy groups -OCH3 is 2. The standard InChI is InChI=1S/C23H36O7/c1-14(2)23-15(13-18(24)26-5)12-17-20(3)9-7-10-21(4,19(25)27-6)16(20)8-11-22(17,28-23)29-30-23/h14-17H,7-13H2,1-6H3/t15-,16-,17-,20+,21-,22+,23-/m1/s1. The van der Waals surface area contributed by atoms with Gasteiger partial charge in [-0.05, 0) is 43.9 Å². The van der Waals surface area contributed by atoms with Gasteiger partial charge in [0.1, 0.15) is 0 Å². The van der Waals surface area contributed by atoms with Crippen LogP contribution < -0.4 is 0 Å². The molecule has 2 aliphatic carbocycles. The van der Waals surface area contributed by atoms with Gasteiger partial charge in [0.05, 0.1) is 26.1 Å². The summed E-state index contributed by atoms with van der Waals surface area (Å²) in [5, 5.41) is 0. The smallest absolute Gasteiger partial charge is 0.311 e. The van der Waals surface area contributed by atoms with Crippen LogP contribution >= 0.6 is 0 Å². The van der Waals surface area contributed by atoms with Gasteiger partial charge in [0.15, 0.2) is 0 Å². The summed E-state index contributed by atoms with van der Waals surface area (Å²) in [5.74, 6) is -2.14. The Morgan fingerprint density at radius 1 is 1.03 bits per heavy atom. The highest BCUT2D eigenvalue weighted by Gasteiger charge is 2.73. The van der Waals surface area contributed by atoms with Crippen molar-refractivity contribution in [3.63, 3.8) is 0 Å². The Kier molecular flexibility index (Phi) is 5.27. The molecular formula is C23H36O7. The molecule has 1 spiro atoms. The highest BCUT2D eigenvalue weighted by atomic mass is 17.3. The second kappa shape index (κ2) is 7.17. The van der Waals surface area contributed by atoms with E-state index < -0.39 is 17.0 Å². The average molecular weight is 425 g/mol. The summed E-state index contributed by atoms with van der Waals surface area (Å²) in [6.45, 7) is 8.40. The number of hydrogen-bond donors (Lipinski definition) is 0. The first-order chi connectivity index (χ1) is 14.1. The molecular weight excluding hydrogens is 388 g/mol. The third-order valence-electron chi connectivity index (χ3n) is 8.92. The summed E-state index contributed by atoms with van der Waals surface area (Å²) >= 11 is 0. The molecule has 2 saturated heterocycles. The van der Waals surface area contributed by atoms with Gasteiger partial charge < -0.3 is 14.2 Å². The van der Waals surface area contributed by atoms with Gasteiger partial charge >= 0.3 is 11.9 Å². The molecule has 0 unspecified atom stereocenters. The summed E-state index contributed by atoms with van der Waals surface area (Å²) in [5.41, 5.74) is -0.697. The normalized spacial score (nSPS) is 47.4. The monoisotopic (exact) mass is 424 g/mol. The number of rotatable bonds is 4. The van der Waals surface area contributed by atoms with Crippen LogP contribution in [0.15, 0.2) is 0 Å². The van der Waals surface area contributed by atoms with E-state index >= 15 is 0 Å². The van der Waals surface area contributed by atoms with E-state index in [2.05, 4.69) is 13.8 Å². The highest BCUT2D eigenvalue weighted by molar-refractivity contribution is 5.77. The van der Waals surface area contributed by atoms with Crippen LogP contribution in [0.4, 0.5) is 0 Å². The lowest BCUT2D eigenvalue weighted by Gasteiger charge is -2.62. The van der Waals surface area contributed by atoms with Gasteiger partial charge in [-0.1, -0.05) is 27.2 Å². The first-order valence-corrected chi connectivity index (χ1v) is 11.3. The minimum Gasteiger partial charge on any atom is -0.469 e. The molecule has 0 amide bonds. The minimum atomic E-state index is -0.950. The van der Waals surface area contributed by atoms with Gasteiger partial charge in [-0.15, -0.1) is 0 Å². The predicted octanol–water partition coefficient (Wildman–Crippen LogP) is 3.99. The quantitative estimate of drug-likeness (QED) is 0.498. The summed E-state index contributed by atoms with van der Waals surface area (Å²) in [6, 6.07) is 0. The molecule has 4 rings (SSSR count). The molecule has 7 nitrogen and oxygen atoms in total.